The van der Waals surface area contributed by atoms with Gasteiger partial charge in [0.25, 0.3) is 0 Å². The first-order valence-electron chi connectivity index (χ1n) is 10.9. The summed E-state index contributed by atoms with van der Waals surface area (Å²) in [6.07, 6.45) is 3.11. The smallest absolute Gasteiger partial charge is 0.338 e. The topological polar surface area (TPSA) is 103 Å². The van der Waals surface area contributed by atoms with Gasteiger partial charge in [-0.2, -0.15) is 5.10 Å². The first-order valence-corrected chi connectivity index (χ1v) is 10.9. The van der Waals surface area contributed by atoms with E-state index in [1.807, 2.05) is 43.1 Å². The largest absolute Gasteiger partial charge is 0.457 e. The molecule has 2 aromatic carbocycles. The van der Waals surface area contributed by atoms with Crippen molar-refractivity contribution in [1.82, 2.24) is 15.1 Å². The van der Waals surface area contributed by atoms with Crippen LogP contribution in [-0.4, -0.2) is 39.9 Å². The van der Waals surface area contributed by atoms with Crippen LogP contribution in [-0.2, 0) is 29.2 Å². The quantitative estimate of drug-likeness (QED) is 0.424. The number of fused-ring (bicyclic) bond motifs is 2. The highest BCUT2D eigenvalue weighted by Crippen LogP contribution is 2.32. The second kappa shape index (κ2) is 8.46. The second-order valence-corrected chi connectivity index (χ2v) is 8.43. The van der Waals surface area contributed by atoms with Gasteiger partial charge in [0.2, 0.25) is 0 Å². The van der Waals surface area contributed by atoms with Gasteiger partial charge in [-0.25, -0.2) is 9.59 Å². The molecule has 0 amide bonds. The first-order chi connectivity index (χ1) is 15.9. The predicted octanol–water partition coefficient (Wildman–Crippen LogP) is 2.83. The normalized spacial score (nSPS) is 15.2. The van der Waals surface area contributed by atoms with Crippen molar-refractivity contribution in [3.05, 3.63) is 75.6 Å². The first kappa shape index (κ1) is 21.4. The highest BCUT2D eigenvalue weighted by molar-refractivity contribution is 5.95. The van der Waals surface area contributed by atoms with Gasteiger partial charge in [0.1, 0.15) is 13.2 Å². The lowest BCUT2D eigenvalue weighted by molar-refractivity contribution is 0.0526. The zero-order valence-corrected chi connectivity index (χ0v) is 18.6. The van der Waals surface area contributed by atoms with Crippen LogP contribution < -0.4 is 5.32 Å². The third-order valence-corrected chi connectivity index (χ3v) is 6.53. The SMILES string of the molecule is Cc1c(-c2cnn(CCNCC(O)c3ccc4c(c3C)COC4=O)c2)ccc2c1COC2=O. The lowest BCUT2D eigenvalue weighted by Crippen LogP contribution is -2.26. The number of esters is 2. The minimum absolute atomic E-state index is 0.263. The Kier molecular flexibility index (Phi) is 5.47. The van der Waals surface area contributed by atoms with Gasteiger partial charge in [-0.05, 0) is 48.2 Å². The average molecular weight is 447 g/mol. The van der Waals surface area contributed by atoms with Gasteiger partial charge < -0.3 is 19.9 Å². The van der Waals surface area contributed by atoms with Gasteiger partial charge in [0.15, 0.2) is 0 Å². The van der Waals surface area contributed by atoms with Crippen molar-refractivity contribution in [2.45, 2.75) is 39.7 Å². The number of carbonyl (C=O) groups excluding carboxylic acids is 2. The van der Waals surface area contributed by atoms with Crippen molar-refractivity contribution in [1.29, 1.82) is 0 Å². The van der Waals surface area contributed by atoms with Crippen molar-refractivity contribution in [2.24, 2.45) is 0 Å². The van der Waals surface area contributed by atoms with E-state index in [9.17, 15) is 14.7 Å². The fraction of sp³-hybridized carbons (Fsp3) is 0.320. The van der Waals surface area contributed by atoms with Gasteiger partial charge in [-0.1, -0.05) is 12.1 Å². The van der Waals surface area contributed by atoms with E-state index in [1.54, 1.807) is 12.1 Å². The zero-order valence-electron chi connectivity index (χ0n) is 18.6. The van der Waals surface area contributed by atoms with Crippen LogP contribution in [0.15, 0.2) is 36.7 Å². The van der Waals surface area contributed by atoms with Crippen LogP contribution >= 0.6 is 0 Å². The number of hydrogen-bond acceptors (Lipinski definition) is 7. The molecule has 33 heavy (non-hydrogen) atoms. The maximum absolute atomic E-state index is 11.8. The molecule has 0 saturated heterocycles. The van der Waals surface area contributed by atoms with Gasteiger partial charge >= 0.3 is 11.9 Å². The molecule has 8 nitrogen and oxygen atoms in total. The van der Waals surface area contributed by atoms with Crippen molar-refractivity contribution in [3.63, 3.8) is 0 Å². The van der Waals surface area contributed by atoms with Gasteiger partial charge in [0, 0.05) is 36.0 Å². The van der Waals surface area contributed by atoms with E-state index in [1.165, 1.54) is 0 Å². The number of aromatic nitrogens is 2. The molecule has 1 unspecified atom stereocenters. The molecular formula is C25H25N3O5. The lowest BCUT2D eigenvalue weighted by Gasteiger charge is -2.16. The number of carbonyl (C=O) groups is 2. The Balaban J connectivity index is 1.18. The van der Waals surface area contributed by atoms with E-state index >= 15 is 0 Å². The lowest BCUT2D eigenvalue weighted by atomic mass is 9.95. The molecule has 0 fully saturated rings. The Morgan fingerprint density at radius 1 is 1.00 bits per heavy atom. The van der Waals surface area contributed by atoms with Crippen molar-refractivity contribution in [2.75, 3.05) is 13.1 Å². The number of aliphatic hydroxyl groups excluding tert-OH is 1. The molecule has 0 saturated carbocycles. The molecule has 2 aliphatic rings. The van der Waals surface area contributed by atoms with E-state index in [0.29, 0.717) is 37.4 Å². The summed E-state index contributed by atoms with van der Waals surface area (Å²) in [5, 5.41) is 18.3. The highest BCUT2D eigenvalue weighted by Gasteiger charge is 2.26. The van der Waals surface area contributed by atoms with Crippen LogP contribution in [0.5, 0.6) is 0 Å². The van der Waals surface area contributed by atoms with Gasteiger partial charge in [-0.15, -0.1) is 0 Å². The van der Waals surface area contributed by atoms with Crippen LogP contribution in [0.2, 0.25) is 0 Å². The average Bonchev–Trinajstić information content (AvgIpc) is 3.52. The van der Waals surface area contributed by atoms with E-state index < -0.39 is 6.10 Å². The number of nitrogens with one attached hydrogen (secondary N) is 1. The number of cyclic esters (lactones) is 2. The third-order valence-electron chi connectivity index (χ3n) is 6.53. The summed E-state index contributed by atoms with van der Waals surface area (Å²) >= 11 is 0. The molecule has 1 aromatic heterocycles. The fourth-order valence-corrected chi connectivity index (χ4v) is 4.56. The minimum atomic E-state index is -0.682. The highest BCUT2D eigenvalue weighted by atomic mass is 16.5. The molecule has 8 heteroatoms. The molecule has 0 radical (unpaired) electrons. The van der Waals surface area contributed by atoms with E-state index in [2.05, 4.69) is 10.4 Å². The Morgan fingerprint density at radius 3 is 2.36 bits per heavy atom. The van der Waals surface area contributed by atoms with Crippen molar-refractivity contribution in [3.8, 4) is 11.1 Å². The predicted molar refractivity (Wildman–Crippen MR) is 120 cm³/mol. The van der Waals surface area contributed by atoms with Crippen molar-refractivity contribution >= 4 is 11.9 Å². The molecule has 0 spiro atoms. The number of nitrogens with zero attached hydrogens (tertiary/aromatic N) is 2. The van der Waals surface area contributed by atoms with Crippen molar-refractivity contribution < 1.29 is 24.2 Å². The third kappa shape index (κ3) is 3.81. The summed E-state index contributed by atoms with van der Waals surface area (Å²) in [6.45, 7) is 6.16. The maximum atomic E-state index is 11.8. The summed E-state index contributed by atoms with van der Waals surface area (Å²) < 4.78 is 12.1. The molecule has 1 atom stereocenters. The van der Waals surface area contributed by atoms with E-state index in [-0.39, 0.29) is 18.5 Å². The van der Waals surface area contributed by atoms with Crippen LogP contribution in [0, 0.1) is 13.8 Å². The molecule has 0 aliphatic carbocycles. The number of aliphatic hydroxyl groups is 1. The van der Waals surface area contributed by atoms with Crippen LogP contribution in [0.3, 0.4) is 0 Å². The van der Waals surface area contributed by atoms with Gasteiger partial charge in [-0.3, -0.25) is 4.68 Å². The summed E-state index contributed by atoms with van der Waals surface area (Å²) in [5.41, 5.74) is 7.80. The number of hydrogen-bond donors (Lipinski definition) is 2. The minimum Gasteiger partial charge on any atom is -0.457 e. The Hall–Kier alpha value is -3.49. The molecule has 2 aliphatic heterocycles. The Labute approximate surface area is 191 Å². The monoisotopic (exact) mass is 447 g/mol. The van der Waals surface area contributed by atoms with Crippen LogP contribution in [0.25, 0.3) is 11.1 Å². The number of benzene rings is 2. The van der Waals surface area contributed by atoms with Crippen LogP contribution in [0.4, 0.5) is 0 Å². The zero-order chi connectivity index (χ0) is 23.1. The Bertz CT molecular complexity index is 1260. The molecule has 5 rings (SSSR count). The molecule has 3 aromatic rings. The summed E-state index contributed by atoms with van der Waals surface area (Å²) in [7, 11) is 0. The summed E-state index contributed by atoms with van der Waals surface area (Å²) in [5.74, 6) is -0.566. The molecule has 2 N–H and O–H groups in total. The molecular weight excluding hydrogens is 422 g/mol. The van der Waals surface area contributed by atoms with E-state index in [0.717, 1.165) is 38.9 Å². The van der Waals surface area contributed by atoms with Crippen LogP contribution in [0.1, 0.15) is 54.6 Å². The Morgan fingerprint density at radius 2 is 1.64 bits per heavy atom. The molecule has 0 bridgehead atoms. The maximum Gasteiger partial charge on any atom is 0.338 e. The number of ether oxygens (including phenoxy) is 2. The standard InChI is InChI=1S/C25H25N3O5/c1-14-17(3-5-19-21(14)12-32-24(19)30)16-9-27-28(11-16)8-7-26-10-23(29)18-4-6-20-22(15(18)2)13-33-25(20)31/h3-6,9,11,23,26,29H,7-8,10,12-13H2,1-2H3. The van der Waals surface area contributed by atoms with Gasteiger partial charge in [0.05, 0.1) is 30.0 Å². The molecule has 170 valence electrons. The summed E-state index contributed by atoms with van der Waals surface area (Å²) in [6, 6.07) is 7.28. The summed E-state index contributed by atoms with van der Waals surface area (Å²) in [4.78, 5) is 23.4. The number of rotatable bonds is 7. The van der Waals surface area contributed by atoms with E-state index in [4.69, 9.17) is 9.47 Å². The fourth-order valence-electron chi connectivity index (χ4n) is 4.56. The second-order valence-electron chi connectivity index (χ2n) is 8.43. The molecule has 3 heterocycles.